The van der Waals surface area contributed by atoms with Gasteiger partial charge in [-0.25, -0.2) is 0 Å². The lowest BCUT2D eigenvalue weighted by molar-refractivity contribution is 0.499. The molecule has 0 spiro atoms. The van der Waals surface area contributed by atoms with Gasteiger partial charge in [0.05, 0.1) is 0 Å². The highest BCUT2D eigenvalue weighted by Gasteiger charge is 2.06. The molecule has 2 N–H and O–H groups in total. The van der Waals surface area contributed by atoms with Gasteiger partial charge in [0.15, 0.2) is 0 Å². The Bertz CT molecular complexity index is 416. The van der Waals surface area contributed by atoms with Crippen LogP contribution in [0.2, 0.25) is 0 Å². The maximum absolute atomic E-state index is 5.49. The molecule has 2 aromatic rings. The van der Waals surface area contributed by atoms with Crippen LogP contribution in [-0.2, 0) is 6.42 Å². The first-order valence-electron chi connectivity index (χ1n) is 4.98. The summed E-state index contributed by atoms with van der Waals surface area (Å²) in [6.45, 7) is 0.642. The number of nitrogens with zero attached hydrogens (tertiary/aromatic N) is 2. The molecular weight excluding hydrogens is 226 g/mol. The molecule has 0 bridgehead atoms. The van der Waals surface area contributed by atoms with E-state index in [1.165, 1.54) is 0 Å². The second kappa shape index (κ2) is 6.25. The van der Waals surface area contributed by atoms with Crippen LogP contribution >= 0.6 is 12.4 Å². The monoisotopic (exact) mass is 239 g/mol. The van der Waals surface area contributed by atoms with E-state index in [0.717, 1.165) is 18.4 Å². The van der Waals surface area contributed by atoms with Crippen molar-refractivity contribution in [3.63, 3.8) is 0 Å². The molecule has 0 unspecified atom stereocenters. The molecule has 0 aliphatic heterocycles. The molecule has 1 heterocycles. The van der Waals surface area contributed by atoms with E-state index in [9.17, 15) is 0 Å². The van der Waals surface area contributed by atoms with Crippen LogP contribution in [0.3, 0.4) is 0 Å². The van der Waals surface area contributed by atoms with Crippen LogP contribution < -0.4 is 5.73 Å². The minimum absolute atomic E-state index is 0. The molecule has 0 saturated carbocycles. The standard InChI is InChI=1S/C11H13N3O.ClH/c12-8-4-7-10-13-14-11(15-10)9-5-2-1-3-6-9;/h1-3,5-6H,4,7-8,12H2;1H. The SMILES string of the molecule is Cl.NCCCc1nnc(-c2ccccc2)o1. The summed E-state index contributed by atoms with van der Waals surface area (Å²) in [4.78, 5) is 0. The van der Waals surface area contributed by atoms with Gasteiger partial charge in [-0.05, 0) is 25.1 Å². The maximum atomic E-state index is 5.49. The molecule has 0 radical (unpaired) electrons. The maximum Gasteiger partial charge on any atom is 0.247 e. The molecular formula is C11H14ClN3O. The summed E-state index contributed by atoms with van der Waals surface area (Å²) in [6.07, 6.45) is 1.62. The van der Waals surface area contributed by atoms with Crippen molar-refractivity contribution in [3.8, 4) is 11.5 Å². The van der Waals surface area contributed by atoms with Gasteiger partial charge >= 0.3 is 0 Å². The van der Waals surface area contributed by atoms with Crippen molar-refractivity contribution < 1.29 is 4.42 Å². The second-order valence-corrected chi connectivity index (χ2v) is 3.26. The minimum Gasteiger partial charge on any atom is -0.421 e. The van der Waals surface area contributed by atoms with E-state index in [2.05, 4.69) is 10.2 Å². The molecule has 1 aromatic carbocycles. The summed E-state index contributed by atoms with van der Waals surface area (Å²) < 4.78 is 5.49. The first-order chi connectivity index (χ1) is 7.40. The van der Waals surface area contributed by atoms with E-state index < -0.39 is 0 Å². The Morgan fingerprint density at radius 1 is 1.12 bits per heavy atom. The van der Waals surface area contributed by atoms with Gasteiger partial charge in [0.2, 0.25) is 11.8 Å². The van der Waals surface area contributed by atoms with Crippen molar-refractivity contribution >= 4 is 12.4 Å². The van der Waals surface area contributed by atoms with E-state index in [-0.39, 0.29) is 12.4 Å². The molecule has 0 aliphatic carbocycles. The van der Waals surface area contributed by atoms with Crippen LogP contribution in [0.1, 0.15) is 12.3 Å². The van der Waals surface area contributed by atoms with Gasteiger partial charge in [0.25, 0.3) is 0 Å². The summed E-state index contributed by atoms with van der Waals surface area (Å²) >= 11 is 0. The highest BCUT2D eigenvalue weighted by molar-refractivity contribution is 5.85. The van der Waals surface area contributed by atoms with Gasteiger partial charge in [0.1, 0.15) is 0 Å². The first kappa shape index (κ1) is 12.7. The Morgan fingerprint density at radius 3 is 2.56 bits per heavy atom. The van der Waals surface area contributed by atoms with Crippen LogP contribution in [0.4, 0.5) is 0 Å². The summed E-state index contributed by atoms with van der Waals surface area (Å²) in [5.41, 5.74) is 6.35. The third-order valence-electron chi connectivity index (χ3n) is 2.08. The number of aromatic nitrogens is 2. The van der Waals surface area contributed by atoms with Gasteiger partial charge in [-0.1, -0.05) is 18.2 Å². The molecule has 0 fully saturated rings. The summed E-state index contributed by atoms with van der Waals surface area (Å²) in [6, 6.07) is 9.73. The molecule has 16 heavy (non-hydrogen) atoms. The lowest BCUT2D eigenvalue weighted by atomic mass is 10.2. The zero-order valence-corrected chi connectivity index (χ0v) is 9.61. The van der Waals surface area contributed by atoms with Gasteiger partial charge in [-0.3, -0.25) is 0 Å². The van der Waals surface area contributed by atoms with Crippen molar-refractivity contribution in [2.45, 2.75) is 12.8 Å². The molecule has 1 aromatic heterocycles. The average molecular weight is 240 g/mol. The number of rotatable bonds is 4. The van der Waals surface area contributed by atoms with Crippen molar-refractivity contribution in [3.05, 3.63) is 36.2 Å². The quantitative estimate of drug-likeness (QED) is 0.887. The first-order valence-corrected chi connectivity index (χ1v) is 4.98. The Balaban J connectivity index is 0.00000128. The Hall–Kier alpha value is -1.39. The highest BCUT2D eigenvalue weighted by Crippen LogP contribution is 2.17. The highest BCUT2D eigenvalue weighted by atomic mass is 35.5. The molecule has 4 nitrogen and oxygen atoms in total. The zero-order valence-electron chi connectivity index (χ0n) is 8.80. The van der Waals surface area contributed by atoms with Crippen LogP contribution in [-0.4, -0.2) is 16.7 Å². The van der Waals surface area contributed by atoms with Crippen molar-refractivity contribution in [1.29, 1.82) is 0 Å². The summed E-state index contributed by atoms with van der Waals surface area (Å²) in [5.74, 6) is 1.22. The van der Waals surface area contributed by atoms with E-state index in [4.69, 9.17) is 10.2 Å². The topological polar surface area (TPSA) is 64.9 Å². The van der Waals surface area contributed by atoms with E-state index in [0.29, 0.717) is 18.3 Å². The molecule has 0 aliphatic rings. The number of hydrogen-bond acceptors (Lipinski definition) is 4. The largest absolute Gasteiger partial charge is 0.421 e. The number of hydrogen-bond donors (Lipinski definition) is 1. The van der Waals surface area contributed by atoms with E-state index in [1.807, 2.05) is 30.3 Å². The Labute approximate surface area is 100 Å². The number of benzene rings is 1. The third kappa shape index (κ3) is 3.05. The molecule has 2 rings (SSSR count). The lowest BCUT2D eigenvalue weighted by Gasteiger charge is -1.92. The van der Waals surface area contributed by atoms with Crippen LogP contribution in [0.15, 0.2) is 34.7 Å². The molecule has 0 saturated heterocycles. The number of aryl methyl sites for hydroxylation is 1. The molecule has 5 heteroatoms. The number of halogens is 1. The third-order valence-corrected chi connectivity index (χ3v) is 2.08. The Kier molecular flexibility index (Phi) is 4.95. The van der Waals surface area contributed by atoms with Crippen molar-refractivity contribution in [1.82, 2.24) is 10.2 Å². The van der Waals surface area contributed by atoms with Gasteiger partial charge < -0.3 is 10.2 Å². The Morgan fingerprint density at radius 2 is 1.88 bits per heavy atom. The summed E-state index contributed by atoms with van der Waals surface area (Å²) in [5, 5.41) is 7.94. The fraction of sp³-hybridized carbons (Fsp3) is 0.273. The summed E-state index contributed by atoms with van der Waals surface area (Å²) in [7, 11) is 0. The normalized spacial score (nSPS) is 9.81. The molecule has 86 valence electrons. The lowest BCUT2D eigenvalue weighted by Crippen LogP contribution is -2.00. The molecule has 0 atom stereocenters. The van der Waals surface area contributed by atoms with E-state index >= 15 is 0 Å². The van der Waals surface area contributed by atoms with Crippen molar-refractivity contribution in [2.24, 2.45) is 5.73 Å². The van der Waals surface area contributed by atoms with Gasteiger partial charge in [0, 0.05) is 12.0 Å². The van der Waals surface area contributed by atoms with E-state index in [1.54, 1.807) is 0 Å². The smallest absolute Gasteiger partial charge is 0.247 e. The second-order valence-electron chi connectivity index (χ2n) is 3.26. The van der Waals surface area contributed by atoms with Crippen LogP contribution in [0.25, 0.3) is 11.5 Å². The fourth-order valence-electron chi connectivity index (χ4n) is 1.31. The minimum atomic E-state index is 0. The predicted octanol–water partition coefficient (Wildman–Crippen LogP) is 2.05. The fourth-order valence-corrected chi connectivity index (χ4v) is 1.31. The number of nitrogens with two attached hydrogens (primary N) is 1. The van der Waals surface area contributed by atoms with Gasteiger partial charge in [-0.2, -0.15) is 0 Å². The average Bonchev–Trinajstić information content (AvgIpc) is 2.76. The predicted molar refractivity (Wildman–Crippen MR) is 64.4 cm³/mol. The van der Waals surface area contributed by atoms with Crippen LogP contribution in [0, 0.1) is 0 Å². The molecule has 0 amide bonds. The van der Waals surface area contributed by atoms with Crippen molar-refractivity contribution in [2.75, 3.05) is 6.54 Å². The van der Waals surface area contributed by atoms with Gasteiger partial charge in [-0.15, -0.1) is 22.6 Å². The van der Waals surface area contributed by atoms with Crippen LogP contribution in [0.5, 0.6) is 0 Å². The zero-order chi connectivity index (χ0) is 10.5.